The molecule has 0 aliphatic carbocycles. The monoisotopic (exact) mass is 434 g/mol. The van der Waals surface area contributed by atoms with E-state index in [0.717, 1.165) is 5.56 Å². The first-order valence-corrected chi connectivity index (χ1v) is 9.49. The van der Waals surface area contributed by atoms with Crippen molar-refractivity contribution in [2.24, 2.45) is 22.2 Å². The lowest BCUT2D eigenvalue weighted by Gasteiger charge is -2.43. The highest BCUT2D eigenvalue weighted by Crippen LogP contribution is 2.42. The van der Waals surface area contributed by atoms with Crippen molar-refractivity contribution in [2.45, 2.75) is 36.6 Å². The number of carbonyl (C=O) groups is 2. The van der Waals surface area contributed by atoms with Gasteiger partial charge in [0, 0.05) is 0 Å². The molecule has 10 N–H and O–H groups in total. The van der Waals surface area contributed by atoms with E-state index >= 15 is 0 Å². The normalized spacial score (nSPS) is 30.4. The third kappa shape index (κ3) is 3.09. The predicted molar refractivity (Wildman–Crippen MR) is 106 cm³/mol. The Kier molecular flexibility index (Phi) is 4.66. The van der Waals surface area contributed by atoms with Crippen LogP contribution in [-0.2, 0) is 9.47 Å². The molecule has 166 valence electrons. The molecular weight excluding hydrogens is 410 g/mol. The number of ether oxygens (including phenoxy) is 2. The Labute approximate surface area is 176 Å². The fourth-order valence-electron chi connectivity index (χ4n) is 4.29. The van der Waals surface area contributed by atoms with Crippen LogP contribution in [0.4, 0.5) is 4.79 Å². The smallest absolute Gasteiger partial charge is 0.404 e. The van der Waals surface area contributed by atoms with Gasteiger partial charge in [0.05, 0.1) is 5.56 Å². The highest BCUT2D eigenvalue weighted by molar-refractivity contribution is 5.89. The Morgan fingerprint density at radius 3 is 2.61 bits per heavy atom. The zero-order chi connectivity index (χ0) is 22.6. The van der Waals surface area contributed by atoms with E-state index in [-0.39, 0.29) is 30.6 Å². The second-order valence-corrected chi connectivity index (χ2v) is 7.71. The maximum Gasteiger partial charge on any atom is 0.404 e. The first kappa shape index (κ1) is 20.7. The summed E-state index contributed by atoms with van der Waals surface area (Å²) < 4.78 is 11.7. The minimum atomic E-state index is -2.67. The Hall–Kier alpha value is -3.58. The van der Waals surface area contributed by atoms with Crippen LogP contribution in [0.5, 0.6) is 0 Å². The lowest BCUT2D eigenvalue weighted by Crippen LogP contribution is -2.78. The van der Waals surface area contributed by atoms with Gasteiger partial charge in [-0.1, -0.05) is 17.7 Å². The van der Waals surface area contributed by atoms with Crippen LogP contribution in [-0.4, -0.2) is 81.6 Å². The highest BCUT2D eigenvalue weighted by Gasteiger charge is 2.76. The van der Waals surface area contributed by atoms with Crippen molar-refractivity contribution in [2.75, 3.05) is 13.2 Å². The van der Waals surface area contributed by atoms with E-state index in [2.05, 4.69) is 15.6 Å². The molecule has 1 spiro atoms. The van der Waals surface area contributed by atoms with Crippen LogP contribution < -0.4 is 27.8 Å². The maximum absolute atomic E-state index is 12.6. The molecule has 13 heteroatoms. The summed E-state index contributed by atoms with van der Waals surface area (Å²) in [4.78, 5) is 27.9. The molecule has 0 radical (unpaired) electrons. The number of hydrogen-bond acceptors (Lipinski definition) is 11. The number of benzene rings is 1. The minimum Gasteiger partial charge on any atom is -0.449 e. The van der Waals surface area contributed by atoms with E-state index in [4.69, 9.17) is 26.7 Å². The van der Waals surface area contributed by atoms with Crippen LogP contribution >= 0.6 is 0 Å². The van der Waals surface area contributed by atoms with Gasteiger partial charge in [0.15, 0.2) is 18.1 Å². The van der Waals surface area contributed by atoms with Gasteiger partial charge in [-0.05, 0) is 19.1 Å². The largest absolute Gasteiger partial charge is 0.449 e. The number of aliphatic hydroxyl groups is 2. The molecule has 4 rings (SSSR count). The topological polar surface area (TPSA) is 211 Å². The fraction of sp³-hybridized carbons (Fsp3) is 0.444. The van der Waals surface area contributed by atoms with Gasteiger partial charge in [-0.2, -0.15) is 0 Å². The molecule has 0 unspecified atom stereocenters. The number of esters is 1. The van der Waals surface area contributed by atoms with Gasteiger partial charge in [-0.25, -0.2) is 19.2 Å². The van der Waals surface area contributed by atoms with E-state index in [1.54, 1.807) is 24.3 Å². The van der Waals surface area contributed by atoms with Crippen molar-refractivity contribution in [3.63, 3.8) is 0 Å². The van der Waals surface area contributed by atoms with E-state index < -0.39 is 41.7 Å². The summed E-state index contributed by atoms with van der Waals surface area (Å²) >= 11 is 0. The molecule has 0 saturated carbocycles. The van der Waals surface area contributed by atoms with Crippen molar-refractivity contribution < 1.29 is 33.9 Å². The van der Waals surface area contributed by atoms with Gasteiger partial charge in [0.2, 0.25) is 5.66 Å². The zero-order valence-electron chi connectivity index (χ0n) is 16.6. The number of rotatable bonds is 4. The summed E-state index contributed by atoms with van der Waals surface area (Å²) in [7, 11) is 0. The van der Waals surface area contributed by atoms with Gasteiger partial charge in [-0.15, -0.1) is 0 Å². The SMILES string of the molecule is Cc1ccc(C(=O)O[C@H]2C[N+]3=C(N)N[C@@H](COC(N)=O)[C@@H]4N=C(N)N[C@@]43C2(O)O)cc1. The molecule has 1 amide bonds. The van der Waals surface area contributed by atoms with Gasteiger partial charge in [0.1, 0.15) is 19.2 Å². The van der Waals surface area contributed by atoms with Crippen molar-refractivity contribution in [3.05, 3.63) is 35.4 Å². The number of aryl methyl sites for hydroxylation is 1. The summed E-state index contributed by atoms with van der Waals surface area (Å²) in [6.07, 6.45) is -2.43. The Morgan fingerprint density at radius 1 is 1.29 bits per heavy atom. The molecule has 13 nitrogen and oxygen atoms in total. The van der Waals surface area contributed by atoms with Crippen molar-refractivity contribution in [1.82, 2.24) is 10.6 Å². The number of nitrogens with two attached hydrogens (primary N) is 3. The second kappa shape index (κ2) is 6.99. The van der Waals surface area contributed by atoms with E-state index in [9.17, 15) is 19.8 Å². The molecule has 1 fully saturated rings. The standard InChI is InChI=1S/C18H23N7O6/c1-8-2-4-9(5-3-8)13(26)31-11-6-25-15(20)22-10(7-30-16(21)27)12-17(25,18(11,28)29)24-14(19)23-12/h2-5,10-12,28-29H,6-7H2,1H3,(H7,19,20,21,22,23,24,27)/p+1/t10-,11-,12-,17-/m0/s1. The Balaban J connectivity index is 1.66. The lowest BCUT2D eigenvalue weighted by atomic mass is 9.86. The number of primary amides is 1. The fourth-order valence-corrected chi connectivity index (χ4v) is 4.29. The summed E-state index contributed by atoms with van der Waals surface area (Å²) in [6.45, 7) is 1.44. The quantitative estimate of drug-likeness (QED) is 0.142. The molecule has 3 heterocycles. The molecule has 1 saturated heterocycles. The molecule has 1 aromatic rings. The van der Waals surface area contributed by atoms with Crippen LogP contribution in [0.2, 0.25) is 0 Å². The van der Waals surface area contributed by atoms with Gasteiger partial charge in [-0.3, -0.25) is 11.1 Å². The van der Waals surface area contributed by atoms with Gasteiger partial charge < -0.3 is 36.5 Å². The van der Waals surface area contributed by atoms with E-state index in [0.29, 0.717) is 0 Å². The molecule has 3 aliphatic heterocycles. The number of nitrogens with one attached hydrogen (secondary N) is 2. The number of hydrogen-bond donors (Lipinski definition) is 7. The molecular formula is C18H24N7O6+. The van der Waals surface area contributed by atoms with Crippen LogP contribution in [0, 0.1) is 6.92 Å². The minimum absolute atomic E-state index is 0.0214. The Morgan fingerprint density at radius 2 is 1.97 bits per heavy atom. The predicted octanol–water partition coefficient (Wildman–Crippen LogP) is -3.41. The van der Waals surface area contributed by atoms with Gasteiger partial charge in [0.25, 0.3) is 5.79 Å². The number of aliphatic imine (C=N–C) groups is 1. The third-order valence-electron chi connectivity index (χ3n) is 5.76. The number of nitrogens with zero attached hydrogens (tertiary/aromatic N) is 2. The van der Waals surface area contributed by atoms with Crippen molar-refractivity contribution in [3.8, 4) is 0 Å². The third-order valence-corrected chi connectivity index (χ3v) is 5.76. The first-order chi connectivity index (χ1) is 14.6. The number of carbonyl (C=O) groups excluding carboxylic acids is 2. The maximum atomic E-state index is 12.6. The van der Waals surface area contributed by atoms with Crippen LogP contribution in [0.25, 0.3) is 0 Å². The number of guanidine groups is 2. The zero-order valence-corrected chi connectivity index (χ0v) is 16.6. The summed E-state index contributed by atoms with van der Waals surface area (Å²) in [6, 6.07) is 4.86. The van der Waals surface area contributed by atoms with Crippen molar-refractivity contribution >= 4 is 24.0 Å². The highest BCUT2D eigenvalue weighted by atomic mass is 16.6. The van der Waals surface area contributed by atoms with Crippen molar-refractivity contribution in [1.29, 1.82) is 0 Å². The second-order valence-electron chi connectivity index (χ2n) is 7.71. The molecule has 3 aliphatic rings. The average molecular weight is 434 g/mol. The van der Waals surface area contributed by atoms with E-state index in [1.165, 1.54) is 4.58 Å². The Bertz CT molecular complexity index is 992. The average Bonchev–Trinajstić information content (AvgIpc) is 3.16. The van der Waals surface area contributed by atoms with Crippen LogP contribution in [0.3, 0.4) is 0 Å². The van der Waals surface area contributed by atoms with E-state index in [1.807, 2.05) is 6.92 Å². The van der Waals surface area contributed by atoms with Crippen LogP contribution in [0.1, 0.15) is 15.9 Å². The number of amides is 1. The summed E-state index contributed by atoms with van der Waals surface area (Å²) in [5, 5.41) is 28.1. The molecule has 0 bridgehead atoms. The summed E-state index contributed by atoms with van der Waals surface area (Å²) in [5.74, 6) is -3.47. The molecule has 1 aromatic carbocycles. The van der Waals surface area contributed by atoms with Crippen LogP contribution in [0.15, 0.2) is 29.3 Å². The summed E-state index contributed by atoms with van der Waals surface area (Å²) in [5.41, 5.74) is 16.4. The molecule has 31 heavy (non-hydrogen) atoms. The molecule has 0 aromatic heterocycles. The lowest BCUT2D eigenvalue weighted by molar-refractivity contribution is -0.623. The van der Waals surface area contributed by atoms with Gasteiger partial charge >= 0.3 is 18.0 Å². The molecule has 4 atom stereocenters. The first-order valence-electron chi connectivity index (χ1n) is 9.49.